The fraction of sp³-hybridized carbons (Fsp3) is 0.625. The van der Waals surface area contributed by atoms with Gasteiger partial charge in [-0.3, -0.25) is 9.80 Å². The minimum atomic E-state index is -0.486. The maximum atomic E-state index is 13.0. The highest BCUT2D eigenvalue weighted by Crippen LogP contribution is 2.36. The summed E-state index contributed by atoms with van der Waals surface area (Å²) in [5.74, 6) is 0. The summed E-state index contributed by atoms with van der Waals surface area (Å²) >= 11 is 0. The second-order valence-electron chi connectivity index (χ2n) is 9.83. The fourth-order valence-electron chi connectivity index (χ4n) is 4.34. The van der Waals surface area contributed by atoms with Gasteiger partial charge in [0.25, 0.3) is 0 Å². The summed E-state index contributed by atoms with van der Waals surface area (Å²) in [6.07, 6.45) is 6.87. The van der Waals surface area contributed by atoms with Crippen molar-refractivity contribution in [3.63, 3.8) is 0 Å². The highest BCUT2D eigenvalue weighted by Gasteiger charge is 2.43. The second-order valence-corrected chi connectivity index (χ2v) is 9.83. The van der Waals surface area contributed by atoms with Crippen LogP contribution >= 0.6 is 0 Å². The van der Waals surface area contributed by atoms with Crippen LogP contribution in [0.1, 0.15) is 65.9 Å². The zero-order valence-corrected chi connectivity index (χ0v) is 18.2. The largest absolute Gasteiger partial charge is 0.444 e. The summed E-state index contributed by atoms with van der Waals surface area (Å²) in [6.45, 7) is 13.1. The van der Waals surface area contributed by atoms with Crippen LogP contribution in [0, 0.1) is 0 Å². The molecule has 154 valence electrons. The number of amides is 1. The van der Waals surface area contributed by atoms with Crippen molar-refractivity contribution in [3.05, 3.63) is 41.5 Å². The third-order valence-corrected chi connectivity index (χ3v) is 5.79. The van der Waals surface area contributed by atoms with Crippen molar-refractivity contribution in [2.24, 2.45) is 0 Å². The highest BCUT2D eigenvalue weighted by molar-refractivity contribution is 5.71. The summed E-state index contributed by atoms with van der Waals surface area (Å²) in [6, 6.07) is 10.8. The van der Waals surface area contributed by atoms with Crippen LogP contribution in [-0.2, 0) is 4.74 Å². The molecular formula is C24H36N2O2. The number of carbonyl (C=O) groups excluding carboxylic acids is 1. The number of carbonyl (C=O) groups is 1. The van der Waals surface area contributed by atoms with E-state index in [-0.39, 0.29) is 11.6 Å². The van der Waals surface area contributed by atoms with Crippen LogP contribution < -0.4 is 0 Å². The first-order valence-electron chi connectivity index (χ1n) is 10.7. The summed E-state index contributed by atoms with van der Waals surface area (Å²) in [5, 5.41) is 0. The van der Waals surface area contributed by atoms with Gasteiger partial charge in [-0.15, -0.1) is 0 Å². The molecule has 2 aliphatic rings. The SMILES string of the molecule is CC(C)(C)OC(=O)N1C/C(=C\c2ccccc2)C(N2CCCCC2)CC1(C)C. The maximum Gasteiger partial charge on any atom is 0.411 e. The average molecular weight is 385 g/mol. The first kappa shape index (κ1) is 20.9. The highest BCUT2D eigenvalue weighted by atomic mass is 16.6. The van der Waals surface area contributed by atoms with Crippen molar-refractivity contribution in [3.8, 4) is 0 Å². The number of hydrogen-bond donors (Lipinski definition) is 0. The van der Waals surface area contributed by atoms with E-state index in [1.807, 2.05) is 31.7 Å². The summed E-state index contributed by atoms with van der Waals surface area (Å²) in [5.41, 5.74) is 1.79. The lowest BCUT2D eigenvalue weighted by Crippen LogP contribution is -2.59. The Morgan fingerprint density at radius 1 is 1.11 bits per heavy atom. The molecule has 0 radical (unpaired) electrons. The van der Waals surface area contributed by atoms with Crippen LogP contribution in [0.3, 0.4) is 0 Å². The van der Waals surface area contributed by atoms with Gasteiger partial charge >= 0.3 is 6.09 Å². The van der Waals surface area contributed by atoms with Gasteiger partial charge in [-0.05, 0) is 78.1 Å². The number of nitrogens with zero attached hydrogens (tertiary/aromatic N) is 2. The molecule has 0 spiro atoms. The molecule has 2 saturated heterocycles. The monoisotopic (exact) mass is 384 g/mol. The molecule has 2 fully saturated rings. The number of ether oxygens (including phenoxy) is 1. The van der Waals surface area contributed by atoms with Gasteiger partial charge in [-0.1, -0.05) is 42.8 Å². The van der Waals surface area contributed by atoms with E-state index < -0.39 is 5.60 Å². The van der Waals surface area contributed by atoms with Gasteiger partial charge in [0.1, 0.15) is 5.60 Å². The molecule has 2 aliphatic heterocycles. The van der Waals surface area contributed by atoms with Gasteiger partial charge in [0.15, 0.2) is 0 Å². The summed E-state index contributed by atoms with van der Waals surface area (Å²) in [4.78, 5) is 17.5. The van der Waals surface area contributed by atoms with E-state index in [1.165, 1.54) is 30.4 Å². The van der Waals surface area contributed by atoms with Crippen molar-refractivity contribution < 1.29 is 9.53 Å². The van der Waals surface area contributed by atoms with E-state index in [1.54, 1.807) is 0 Å². The molecule has 0 bridgehead atoms. The lowest BCUT2D eigenvalue weighted by atomic mass is 9.82. The first-order chi connectivity index (χ1) is 13.2. The molecule has 2 heterocycles. The van der Waals surface area contributed by atoms with Crippen LogP contribution in [0.15, 0.2) is 35.9 Å². The fourth-order valence-corrected chi connectivity index (χ4v) is 4.34. The van der Waals surface area contributed by atoms with Crippen molar-refractivity contribution in [2.75, 3.05) is 19.6 Å². The third kappa shape index (κ3) is 5.16. The van der Waals surface area contributed by atoms with E-state index in [4.69, 9.17) is 4.74 Å². The van der Waals surface area contributed by atoms with Crippen molar-refractivity contribution in [1.29, 1.82) is 0 Å². The van der Waals surface area contributed by atoms with E-state index >= 15 is 0 Å². The van der Waals surface area contributed by atoms with Crippen LogP contribution in [0.2, 0.25) is 0 Å². The molecule has 1 amide bonds. The summed E-state index contributed by atoms with van der Waals surface area (Å²) < 4.78 is 5.74. The van der Waals surface area contributed by atoms with E-state index in [0.717, 1.165) is 19.5 Å². The van der Waals surface area contributed by atoms with Gasteiger partial charge in [0, 0.05) is 18.1 Å². The Hall–Kier alpha value is -1.81. The molecule has 0 aliphatic carbocycles. The second kappa shape index (κ2) is 8.28. The molecule has 1 atom stereocenters. The Morgan fingerprint density at radius 2 is 1.75 bits per heavy atom. The van der Waals surface area contributed by atoms with Crippen molar-refractivity contribution >= 4 is 12.2 Å². The van der Waals surface area contributed by atoms with Gasteiger partial charge in [0.05, 0.1) is 0 Å². The van der Waals surface area contributed by atoms with Crippen LogP contribution in [0.4, 0.5) is 4.79 Å². The Balaban J connectivity index is 1.91. The van der Waals surface area contributed by atoms with Crippen molar-refractivity contribution in [1.82, 2.24) is 9.80 Å². The molecule has 3 rings (SSSR count). The topological polar surface area (TPSA) is 32.8 Å². The smallest absolute Gasteiger partial charge is 0.411 e. The Labute approximate surface area is 170 Å². The minimum absolute atomic E-state index is 0.214. The van der Waals surface area contributed by atoms with Gasteiger partial charge < -0.3 is 4.74 Å². The Bertz CT molecular complexity index is 697. The molecule has 1 aromatic rings. The molecule has 1 aromatic carbocycles. The van der Waals surface area contributed by atoms with Crippen LogP contribution in [-0.4, -0.2) is 52.7 Å². The number of rotatable bonds is 2. The molecule has 1 unspecified atom stereocenters. The zero-order valence-electron chi connectivity index (χ0n) is 18.2. The first-order valence-corrected chi connectivity index (χ1v) is 10.7. The molecule has 28 heavy (non-hydrogen) atoms. The van der Waals surface area contributed by atoms with Crippen LogP contribution in [0.5, 0.6) is 0 Å². The van der Waals surface area contributed by atoms with Crippen LogP contribution in [0.25, 0.3) is 6.08 Å². The Morgan fingerprint density at radius 3 is 2.36 bits per heavy atom. The third-order valence-electron chi connectivity index (χ3n) is 5.79. The lowest BCUT2D eigenvalue weighted by Gasteiger charge is -2.50. The predicted octanol–water partition coefficient (Wildman–Crippen LogP) is 5.34. The van der Waals surface area contributed by atoms with Gasteiger partial charge in [0.2, 0.25) is 0 Å². The van der Waals surface area contributed by atoms with Gasteiger partial charge in [-0.2, -0.15) is 0 Å². The molecule has 0 aromatic heterocycles. The normalized spacial score (nSPS) is 25.0. The molecule has 0 saturated carbocycles. The molecular weight excluding hydrogens is 348 g/mol. The zero-order chi connectivity index (χ0) is 20.4. The number of likely N-dealkylation sites (tertiary alicyclic amines) is 2. The quantitative estimate of drug-likeness (QED) is 0.689. The maximum absolute atomic E-state index is 13.0. The Kier molecular flexibility index (Phi) is 6.18. The van der Waals surface area contributed by atoms with Gasteiger partial charge in [-0.25, -0.2) is 4.79 Å². The number of hydrogen-bond acceptors (Lipinski definition) is 3. The average Bonchev–Trinajstić information content (AvgIpc) is 2.62. The summed E-state index contributed by atoms with van der Waals surface area (Å²) in [7, 11) is 0. The number of benzene rings is 1. The minimum Gasteiger partial charge on any atom is -0.444 e. The molecule has 4 heteroatoms. The van der Waals surface area contributed by atoms with E-state index in [9.17, 15) is 4.79 Å². The van der Waals surface area contributed by atoms with Crippen molar-refractivity contribution in [2.45, 2.75) is 77.5 Å². The molecule has 0 N–H and O–H groups in total. The molecule has 4 nitrogen and oxygen atoms in total. The lowest BCUT2D eigenvalue weighted by molar-refractivity contribution is -0.0109. The predicted molar refractivity (Wildman–Crippen MR) is 115 cm³/mol. The van der Waals surface area contributed by atoms with E-state index in [0.29, 0.717) is 12.6 Å². The van der Waals surface area contributed by atoms with E-state index in [2.05, 4.69) is 49.1 Å². The number of piperidine rings is 2. The standard InChI is InChI=1S/C24H36N2O2/c1-23(2,3)28-22(27)26-18-20(16-19-12-8-6-9-13-19)21(17-24(26,4)5)25-14-10-7-11-15-25/h6,8-9,12-13,16,21H,7,10-11,14-15,17-18H2,1-5H3/b20-16+.